The lowest BCUT2D eigenvalue weighted by atomic mass is 9.88. The lowest BCUT2D eigenvalue weighted by Gasteiger charge is -2.29. The van der Waals surface area contributed by atoms with E-state index in [9.17, 15) is 0 Å². The number of hydrogen-bond donors (Lipinski definition) is 2. The highest BCUT2D eigenvalue weighted by Crippen LogP contribution is 2.15. The summed E-state index contributed by atoms with van der Waals surface area (Å²) in [7, 11) is 0. The fourth-order valence-corrected chi connectivity index (χ4v) is 2.08. The standard InChI is InChI=1S/C12H18N2/c13-12-6-7-14-9-11(12)8-10-4-2-1-3-5-10/h1-5,11-12,14H,6-9,13H2. The Morgan fingerprint density at radius 2 is 2.07 bits per heavy atom. The third kappa shape index (κ3) is 2.34. The average Bonchev–Trinajstić information content (AvgIpc) is 2.23. The Hall–Kier alpha value is -0.860. The third-order valence-corrected chi connectivity index (χ3v) is 3.01. The lowest BCUT2D eigenvalue weighted by Crippen LogP contribution is -2.45. The van der Waals surface area contributed by atoms with E-state index in [0.29, 0.717) is 12.0 Å². The van der Waals surface area contributed by atoms with Crippen LogP contribution in [0.1, 0.15) is 12.0 Å². The van der Waals surface area contributed by atoms with E-state index in [0.717, 1.165) is 25.9 Å². The molecule has 0 aliphatic carbocycles. The van der Waals surface area contributed by atoms with Crippen molar-refractivity contribution in [2.75, 3.05) is 13.1 Å². The van der Waals surface area contributed by atoms with E-state index in [1.165, 1.54) is 5.56 Å². The van der Waals surface area contributed by atoms with Gasteiger partial charge in [0, 0.05) is 6.04 Å². The molecule has 0 aromatic heterocycles. The van der Waals surface area contributed by atoms with Crippen molar-refractivity contribution in [2.45, 2.75) is 18.9 Å². The summed E-state index contributed by atoms with van der Waals surface area (Å²) in [5.41, 5.74) is 7.49. The van der Waals surface area contributed by atoms with Gasteiger partial charge in [-0.25, -0.2) is 0 Å². The molecule has 2 nitrogen and oxygen atoms in total. The molecule has 0 spiro atoms. The maximum atomic E-state index is 6.09. The second-order valence-electron chi connectivity index (χ2n) is 4.11. The molecule has 0 saturated carbocycles. The molecule has 0 bridgehead atoms. The van der Waals surface area contributed by atoms with Crippen LogP contribution in [0.15, 0.2) is 30.3 Å². The van der Waals surface area contributed by atoms with Crippen LogP contribution in [0.25, 0.3) is 0 Å². The van der Waals surface area contributed by atoms with Crippen molar-refractivity contribution in [1.29, 1.82) is 0 Å². The molecule has 0 amide bonds. The maximum absolute atomic E-state index is 6.09. The minimum atomic E-state index is 0.372. The van der Waals surface area contributed by atoms with Gasteiger partial charge in [-0.15, -0.1) is 0 Å². The van der Waals surface area contributed by atoms with Crippen LogP contribution in [-0.4, -0.2) is 19.1 Å². The van der Waals surface area contributed by atoms with Crippen molar-refractivity contribution in [2.24, 2.45) is 11.7 Å². The summed E-state index contributed by atoms with van der Waals surface area (Å²) in [6.45, 7) is 2.14. The van der Waals surface area contributed by atoms with Gasteiger partial charge in [-0.05, 0) is 37.4 Å². The fraction of sp³-hybridized carbons (Fsp3) is 0.500. The molecule has 2 atom stereocenters. The van der Waals surface area contributed by atoms with E-state index in [1.54, 1.807) is 0 Å². The zero-order valence-corrected chi connectivity index (χ0v) is 8.45. The maximum Gasteiger partial charge on any atom is 0.00945 e. The molecule has 14 heavy (non-hydrogen) atoms. The normalized spacial score (nSPS) is 27.5. The monoisotopic (exact) mass is 190 g/mol. The smallest absolute Gasteiger partial charge is 0.00945 e. The Kier molecular flexibility index (Phi) is 3.17. The summed E-state index contributed by atoms with van der Waals surface area (Å²) >= 11 is 0. The molecule has 1 aliphatic heterocycles. The molecule has 3 N–H and O–H groups in total. The highest BCUT2D eigenvalue weighted by atomic mass is 14.9. The van der Waals surface area contributed by atoms with Crippen LogP contribution in [0.4, 0.5) is 0 Å². The fourth-order valence-electron chi connectivity index (χ4n) is 2.08. The Balaban J connectivity index is 1.96. The number of hydrogen-bond acceptors (Lipinski definition) is 2. The minimum absolute atomic E-state index is 0.372. The zero-order valence-electron chi connectivity index (χ0n) is 8.45. The van der Waals surface area contributed by atoms with Crippen molar-refractivity contribution in [1.82, 2.24) is 5.32 Å². The van der Waals surface area contributed by atoms with Crippen LogP contribution in [0, 0.1) is 5.92 Å². The van der Waals surface area contributed by atoms with E-state index >= 15 is 0 Å². The first-order chi connectivity index (χ1) is 6.86. The molecule has 1 heterocycles. The van der Waals surface area contributed by atoms with Crippen LogP contribution >= 0.6 is 0 Å². The number of piperidine rings is 1. The summed E-state index contributed by atoms with van der Waals surface area (Å²) in [5.74, 6) is 0.603. The average molecular weight is 190 g/mol. The highest BCUT2D eigenvalue weighted by Gasteiger charge is 2.21. The number of nitrogens with two attached hydrogens (primary N) is 1. The number of nitrogens with one attached hydrogen (secondary N) is 1. The van der Waals surface area contributed by atoms with E-state index in [2.05, 4.69) is 35.6 Å². The van der Waals surface area contributed by atoms with Gasteiger partial charge in [-0.2, -0.15) is 0 Å². The van der Waals surface area contributed by atoms with Gasteiger partial charge in [-0.1, -0.05) is 30.3 Å². The topological polar surface area (TPSA) is 38.0 Å². The van der Waals surface area contributed by atoms with Gasteiger partial charge in [-0.3, -0.25) is 0 Å². The van der Waals surface area contributed by atoms with Crippen LogP contribution in [-0.2, 0) is 6.42 Å². The summed E-state index contributed by atoms with van der Waals surface area (Å²) < 4.78 is 0. The Morgan fingerprint density at radius 1 is 1.29 bits per heavy atom. The van der Waals surface area contributed by atoms with Gasteiger partial charge in [0.05, 0.1) is 0 Å². The second-order valence-corrected chi connectivity index (χ2v) is 4.11. The molecule has 2 rings (SSSR count). The van der Waals surface area contributed by atoms with Crippen LogP contribution < -0.4 is 11.1 Å². The van der Waals surface area contributed by atoms with Crippen LogP contribution in [0.2, 0.25) is 0 Å². The number of rotatable bonds is 2. The first-order valence-corrected chi connectivity index (χ1v) is 5.36. The van der Waals surface area contributed by atoms with E-state index in [-0.39, 0.29) is 0 Å². The summed E-state index contributed by atoms with van der Waals surface area (Å²) in [6.07, 6.45) is 2.21. The largest absolute Gasteiger partial charge is 0.327 e. The van der Waals surface area contributed by atoms with Crippen LogP contribution in [0.3, 0.4) is 0 Å². The van der Waals surface area contributed by atoms with Crippen molar-refractivity contribution >= 4 is 0 Å². The zero-order chi connectivity index (χ0) is 9.80. The van der Waals surface area contributed by atoms with Gasteiger partial charge in [0.2, 0.25) is 0 Å². The predicted octanol–water partition coefficient (Wildman–Crippen LogP) is 1.17. The molecule has 1 aromatic carbocycles. The quantitative estimate of drug-likeness (QED) is 0.734. The van der Waals surface area contributed by atoms with Gasteiger partial charge >= 0.3 is 0 Å². The summed E-state index contributed by atoms with van der Waals surface area (Å²) in [4.78, 5) is 0. The molecule has 1 saturated heterocycles. The van der Waals surface area contributed by atoms with Gasteiger partial charge in [0.15, 0.2) is 0 Å². The van der Waals surface area contributed by atoms with E-state index in [4.69, 9.17) is 5.73 Å². The molecule has 1 fully saturated rings. The predicted molar refractivity (Wildman–Crippen MR) is 59.1 cm³/mol. The van der Waals surface area contributed by atoms with Crippen LogP contribution in [0.5, 0.6) is 0 Å². The molecular weight excluding hydrogens is 172 g/mol. The lowest BCUT2D eigenvalue weighted by molar-refractivity contribution is 0.324. The van der Waals surface area contributed by atoms with Crippen molar-refractivity contribution in [3.05, 3.63) is 35.9 Å². The number of benzene rings is 1. The van der Waals surface area contributed by atoms with Crippen molar-refractivity contribution < 1.29 is 0 Å². The van der Waals surface area contributed by atoms with Crippen molar-refractivity contribution in [3.8, 4) is 0 Å². The molecular formula is C12H18N2. The molecule has 2 unspecified atom stereocenters. The Labute approximate surface area is 85.5 Å². The molecule has 1 aromatic rings. The Morgan fingerprint density at radius 3 is 2.79 bits per heavy atom. The van der Waals surface area contributed by atoms with Gasteiger partial charge in [0.1, 0.15) is 0 Å². The summed E-state index contributed by atoms with van der Waals surface area (Å²) in [5, 5.41) is 3.41. The summed E-state index contributed by atoms with van der Waals surface area (Å²) in [6, 6.07) is 11.0. The molecule has 0 radical (unpaired) electrons. The highest BCUT2D eigenvalue weighted by molar-refractivity contribution is 5.15. The van der Waals surface area contributed by atoms with E-state index < -0.39 is 0 Å². The third-order valence-electron chi connectivity index (χ3n) is 3.01. The van der Waals surface area contributed by atoms with Gasteiger partial charge < -0.3 is 11.1 Å². The van der Waals surface area contributed by atoms with Gasteiger partial charge in [0.25, 0.3) is 0 Å². The molecule has 76 valence electrons. The van der Waals surface area contributed by atoms with E-state index in [1.807, 2.05) is 0 Å². The molecule has 2 heteroatoms. The van der Waals surface area contributed by atoms with Crippen molar-refractivity contribution in [3.63, 3.8) is 0 Å². The Bertz CT molecular complexity index is 271. The second kappa shape index (κ2) is 4.58. The SMILES string of the molecule is NC1CCNCC1Cc1ccccc1. The first kappa shape index (κ1) is 9.69. The minimum Gasteiger partial charge on any atom is -0.327 e. The molecule has 1 aliphatic rings. The first-order valence-electron chi connectivity index (χ1n) is 5.36.